The molecule has 0 spiro atoms. The van der Waals surface area contributed by atoms with Gasteiger partial charge in [0.25, 0.3) is 0 Å². The van der Waals surface area contributed by atoms with Crippen molar-refractivity contribution in [3.05, 3.63) is 22.2 Å². The summed E-state index contributed by atoms with van der Waals surface area (Å²) < 4.78 is 0. The lowest BCUT2D eigenvalue weighted by Gasteiger charge is -2.13. The second-order valence-electron chi connectivity index (χ2n) is 2.97. The standard InChI is InChI=1S/C9H11Cl2NO3/c10-6-1-2-7(15)8(11)9(6)12-3-5(14)4-13/h1-2,5,12-15H,3-4H2. The quantitative estimate of drug-likeness (QED) is 0.654. The van der Waals surface area contributed by atoms with Gasteiger partial charge in [-0.3, -0.25) is 0 Å². The summed E-state index contributed by atoms with van der Waals surface area (Å²) in [6, 6.07) is 2.86. The van der Waals surface area contributed by atoms with Gasteiger partial charge in [-0.15, -0.1) is 0 Å². The molecule has 0 bridgehead atoms. The van der Waals surface area contributed by atoms with Crippen LogP contribution in [0, 0.1) is 0 Å². The number of hydrogen-bond donors (Lipinski definition) is 4. The van der Waals surface area contributed by atoms with Crippen molar-refractivity contribution < 1.29 is 15.3 Å². The third-order valence-corrected chi connectivity index (χ3v) is 2.49. The van der Waals surface area contributed by atoms with Gasteiger partial charge in [-0.25, -0.2) is 0 Å². The van der Waals surface area contributed by atoms with Crippen LogP contribution in [0.4, 0.5) is 5.69 Å². The van der Waals surface area contributed by atoms with Gasteiger partial charge in [-0.2, -0.15) is 0 Å². The van der Waals surface area contributed by atoms with E-state index in [2.05, 4.69) is 5.32 Å². The van der Waals surface area contributed by atoms with Gasteiger partial charge >= 0.3 is 0 Å². The Labute approximate surface area is 97.1 Å². The van der Waals surface area contributed by atoms with Gasteiger partial charge in [0, 0.05) is 6.54 Å². The Morgan fingerprint density at radius 1 is 1.33 bits per heavy atom. The summed E-state index contributed by atoms with van der Waals surface area (Å²) in [5.74, 6) is -0.0953. The molecule has 1 unspecified atom stereocenters. The highest BCUT2D eigenvalue weighted by Crippen LogP contribution is 2.36. The van der Waals surface area contributed by atoms with E-state index in [1.807, 2.05) is 0 Å². The molecule has 0 aliphatic rings. The number of hydrogen-bond acceptors (Lipinski definition) is 4. The molecular weight excluding hydrogens is 241 g/mol. The molecule has 1 aromatic carbocycles. The fourth-order valence-corrected chi connectivity index (χ4v) is 1.49. The van der Waals surface area contributed by atoms with Crippen molar-refractivity contribution >= 4 is 28.9 Å². The van der Waals surface area contributed by atoms with E-state index >= 15 is 0 Å². The van der Waals surface area contributed by atoms with Gasteiger partial charge in [0.1, 0.15) is 10.8 Å². The van der Waals surface area contributed by atoms with Gasteiger partial charge < -0.3 is 20.6 Å². The van der Waals surface area contributed by atoms with Crippen LogP contribution in [0.3, 0.4) is 0 Å². The molecule has 1 aromatic rings. The van der Waals surface area contributed by atoms with E-state index < -0.39 is 6.10 Å². The minimum absolute atomic E-state index is 0.0904. The summed E-state index contributed by atoms with van der Waals surface area (Å²) in [7, 11) is 0. The molecular formula is C9H11Cl2NO3. The lowest BCUT2D eigenvalue weighted by molar-refractivity contribution is 0.105. The van der Waals surface area contributed by atoms with Crippen LogP contribution in [0.1, 0.15) is 0 Å². The Morgan fingerprint density at radius 3 is 2.60 bits per heavy atom. The Bertz CT molecular complexity index is 346. The lowest BCUT2D eigenvalue weighted by atomic mass is 10.2. The molecule has 0 fully saturated rings. The Kier molecular flexibility index (Phi) is 4.47. The van der Waals surface area contributed by atoms with Gasteiger partial charge in [-0.1, -0.05) is 23.2 Å². The highest BCUT2D eigenvalue weighted by atomic mass is 35.5. The molecule has 4 nitrogen and oxygen atoms in total. The van der Waals surface area contributed by atoms with E-state index in [4.69, 9.17) is 33.4 Å². The molecule has 0 heterocycles. The third kappa shape index (κ3) is 3.14. The van der Waals surface area contributed by atoms with Gasteiger partial charge in [0.2, 0.25) is 0 Å². The number of anilines is 1. The molecule has 0 aromatic heterocycles. The number of phenols is 1. The van der Waals surface area contributed by atoms with Gasteiger partial charge in [0.15, 0.2) is 0 Å². The summed E-state index contributed by atoms with van der Waals surface area (Å²) >= 11 is 11.6. The average molecular weight is 252 g/mol. The third-order valence-electron chi connectivity index (χ3n) is 1.80. The highest BCUT2D eigenvalue weighted by Gasteiger charge is 2.11. The van der Waals surface area contributed by atoms with Crippen LogP contribution in [0.15, 0.2) is 12.1 Å². The van der Waals surface area contributed by atoms with Crippen LogP contribution in [0.2, 0.25) is 10.0 Å². The van der Waals surface area contributed by atoms with Gasteiger partial charge in [-0.05, 0) is 12.1 Å². The van der Waals surface area contributed by atoms with E-state index in [-0.39, 0.29) is 23.9 Å². The van der Waals surface area contributed by atoms with Crippen molar-refractivity contribution in [2.24, 2.45) is 0 Å². The topological polar surface area (TPSA) is 72.7 Å². The fourth-order valence-electron chi connectivity index (χ4n) is 0.988. The Hall–Kier alpha value is -0.680. The van der Waals surface area contributed by atoms with Crippen LogP contribution in [0.25, 0.3) is 0 Å². The number of nitrogens with one attached hydrogen (secondary N) is 1. The summed E-state index contributed by atoms with van der Waals surface area (Å²) in [6.45, 7) is -0.263. The molecule has 0 radical (unpaired) electrons. The van der Waals surface area contributed by atoms with Crippen LogP contribution >= 0.6 is 23.2 Å². The summed E-state index contributed by atoms with van der Waals surface area (Å²) in [5, 5.41) is 30.2. The number of rotatable bonds is 4. The van der Waals surface area contributed by atoms with Gasteiger partial charge in [0.05, 0.1) is 23.4 Å². The minimum atomic E-state index is -0.903. The first-order valence-electron chi connectivity index (χ1n) is 4.26. The molecule has 0 saturated carbocycles. The molecule has 1 rings (SSSR count). The maximum Gasteiger partial charge on any atom is 0.136 e. The predicted octanol–water partition coefficient (Wildman–Crippen LogP) is 1.46. The maximum atomic E-state index is 9.30. The number of phenolic OH excluding ortho intramolecular Hbond substituents is 1. The Balaban J connectivity index is 2.80. The average Bonchev–Trinajstić information content (AvgIpc) is 2.23. The van der Waals surface area contributed by atoms with Crippen molar-refractivity contribution in [3.8, 4) is 5.75 Å². The normalized spacial score (nSPS) is 12.5. The molecule has 4 N–H and O–H groups in total. The number of aliphatic hydroxyl groups excluding tert-OH is 2. The first-order chi connectivity index (χ1) is 7.06. The molecule has 84 valence electrons. The lowest BCUT2D eigenvalue weighted by Crippen LogP contribution is -2.23. The van der Waals surface area contributed by atoms with Crippen LogP contribution < -0.4 is 5.32 Å². The number of halogens is 2. The zero-order valence-corrected chi connectivity index (χ0v) is 9.26. The molecule has 0 amide bonds. The van der Waals surface area contributed by atoms with Crippen LogP contribution in [-0.4, -0.2) is 34.6 Å². The second-order valence-corrected chi connectivity index (χ2v) is 3.76. The second kappa shape index (κ2) is 5.42. The fraction of sp³-hybridized carbons (Fsp3) is 0.333. The van der Waals surface area contributed by atoms with E-state index in [1.54, 1.807) is 0 Å². The van der Waals surface area contributed by atoms with E-state index in [0.717, 1.165) is 0 Å². The molecule has 0 saturated heterocycles. The molecule has 1 atom stereocenters. The first-order valence-corrected chi connectivity index (χ1v) is 5.01. The van der Waals surface area contributed by atoms with E-state index in [0.29, 0.717) is 10.7 Å². The van der Waals surface area contributed by atoms with Crippen LogP contribution in [-0.2, 0) is 0 Å². The Morgan fingerprint density at radius 2 is 2.00 bits per heavy atom. The molecule has 0 aliphatic heterocycles. The van der Waals surface area contributed by atoms with E-state index in [9.17, 15) is 5.11 Å². The molecule has 6 heteroatoms. The summed E-state index contributed by atoms with van der Waals surface area (Å²) in [5.41, 5.74) is 0.339. The number of aromatic hydroxyl groups is 1. The van der Waals surface area contributed by atoms with Crippen molar-refractivity contribution in [1.82, 2.24) is 0 Å². The maximum absolute atomic E-state index is 9.30. The minimum Gasteiger partial charge on any atom is -0.506 e. The van der Waals surface area contributed by atoms with Crippen LogP contribution in [0.5, 0.6) is 5.75 Å². The zero-order valence-electron chi connectivity index (χ0n) is 7.74. The smallest absolute Gasteiger partial charge is 0.136 e. The van der Waals surface area contributed by atoms with E-state index in [1.165, 1.54) is 12.1 Å². The van der Waals surface area contributed by atoms with Crippen molar-refractivity contribution in [3.63, 3.8) is 0 Å². The van der Waals surface area contributed by atoms with Crippen molar-refractivity contribution in [2.45, 2.75) is 6.10 Å². The summed E-state index contributed by atoms with van der Waals surface area (Å²) in [4.78, 5) is 0. The largest absolute Gasteiger partial charge is 0.506 e. The highest BCUT2D eigenvalue weighted by molar-refractivity contribution is 6.40. The molecule has 15 heavy (non-hydrogen) atoms. The summed E-state index contributed by atoms with van der Waals surface area (Å²) in [6.07, 6.45) is -0.903. The SMILES string of the molecule is OCC(O)CNc1c(Cl)ccc(O)c1Cl. The molecule has 0 aliphatic carbocycles. The monoisotopic (exact) mass is 251 g/mol. The number of benzene rings is 1. The number of aliphatic hydroxyl groups is 2. The first kappa shape index (κ1) is 12.4. The van der Waals surface area contributed by atoms with Crippen molar-refractivity contribution in [2.75, 3.05) is 18.5 Å². The van der Waals surface area contributed by atoms with Crippen molar-refractivity contribution in [1.29, 1.82) is 0 Å². The zero-order chi connectivity index (χ0) is 11.4. The predicted molar refractivity (Wildman–Crippen MR) is 59.7 cm³/mol.